The molecule has 0 aliphatic carbocycles. The van der Waals surface area contributed by atoms with E-state index in [-0.39, 0.29) is 11.3 Å². The van der Waals surface area contributed by atoms with Crippen LogP contribution in [0.1, 0.15) is 12.5 Å². The first-order chi connectivity index (χ1) is 14.7. The SMILES string of the molecule is CCn1c(=O)oc2c(-c3cn(-c4ccc(OC(F)(F)F)cc4)c(=O)cc3C)cccc21. The summed E-state index contributed by atoms with van der Waals surface area (Å²) in [5, 5.41) is 0. The first-order valence-electron chi connectivity index (χ1n) is 9.40. The molecule has 0 saturated carbocycles. The van der Waals surface area contributed by atoms with E-state index in [4.69, 9.17) is 4.42 Å². The molecule has 0 radical (unpaired) electrons. The fraction of sp³-hybridized carbons (Fsp3) is 0.182. The lowest BCUT2D eigenvalue weighted by Gasteiger charge is -2.13. The molecule has 2 aromatic carbocycles. The summed E-state index contributed by atoms with van der Waals surface area (Å²) in [6.45, 7) is 4.04. The molecule has 0 saturated heterocycles. The summed E-state index contributed by atoms with van der Waals surface area (Å²) in [7, 11) is 0. The number of rotatable bonds is 4. The number of hydrogen-bond acceptors (Lipinski definition) is 4. The molecular weight excluding hydrogens is 413 g/mol. The third-order valence-corrected chi connectivity index (χ3v) is 4.91. The smallest absolute Gasteiger partial charge is 0.407 e. The predicted octanol–water partition coefficient (Wildman–Crippen LogP) is 4.64. The van der Waals surface area contributed by atoms with Gasteiger partial charge in [-0.3, -0.25) is 13.9 Å². The van der Waals surface area contributed by atoms with Crippen molar-refractivity contribution >= 4 is 11.1 Å². The molecule has 160 valence electrons. The van der Waals surface area contributed by atoms with Gasteiger partial charge in [0.1, 0.15) is 5.75 Å². The summed E-state index contributed by atoms with van der Waals surface area (Å²) in [5.74, 6) is -0.861. The number of hydrogen-bond donors (Lipinski definition) is 0. The minimum absolute atomic E-state index is 0.356. The van der Waals surface area contributed by atoms with Crippen LogP contribution in [0.15, 0.2) is 68.7 Å². The number of fused-ring (bicyclic) bond motifs is 1. The predicted molar refractivity (Wildman–Crippen MR) is 109 cm³/mol. The zero-order valence-corrected chi connectivity index (χ0v) is 16.6. The molecule has 2 heterocycles. The fourth-order valence-corrected chi connectivity index (χ4v) is 3.52. The van der Waals surface area contributed by atoms with E-state index in [2.05, 4.69) is 4.74 Å². The largest absolute Gasteiger partial charge is 0.573 e. The maximum atomic E-state index is 12.6. The minimum atomic E-state index is -4.80. The molecule has 2 aromatic heterocycles. The number of nitrogens with zero attached hydrogens (tertiary/aromatic N) is 2. The van der Waals surface area contributed by atoms with Crippen LogP contribution in [0, 0.1) is 6.92 Å². The number of para-hydroxylation sites is 1. The minimum Gasteiger partial charge on any atom is -0.407 e. The molecule has 4 aromatic rings. The Labute approximate surface area is 173 Å². The molecular formula is C22H17F3N2O4. The van der Waals surface area contributed by atoms with Crippen molar-refractivity contribution in [2.24, 2.45) is 0 Å². The molecule has 0 N–H and O–H groups in total. The topological polar surface area (TPSA) is 66.4 Å². The number of ether oxygens (including phenoxy) is 1. The molecule has 0 unspecified atom stereocenters. The highest BCUT2D eigenvalue weighted by molar-refractivity contribution is 5.91. The van der Waals surface area contributed by atoms with Gasteiger partial charge in [-0.25, -0.2) is 4.79 Å². The molecule has 31 heavy (non-hydrogen) atoms. The monoisotopic (exact) mass is 430 g/mol. The molecule has 9 heteroatoms. The normalized spacial score (nSPS) is 11.8. The van der Waals surface area contributed by atoms with Crippen molar-refractivity contribution in [2.75, 3.05) is 0 Å². The summed E-state index contributed by atoms with van der Waals surface area (Å²) in [6, 6.07) is 11.7. The first kappa shape index (κ1) is 20.5. The summed E-state index contributed by atoms with van der Waals surface area (Å²) in [5.41, 5.74) is 2.99. The van der Waals surface area contributed by atoms with Crippen LogP contribution < -0.4 is 16.1 Å². The van der Waals surface area contributed by atoms with Gasteiger partial charge in [-0.15, -0.1) is 13.2 Å². The Morgan fingerprint density at radius 3 is 2.39 bits per heavy atom. The Bertz CT molecular complexity index is 1380. The van der Waals surface area contributed by atoms with E-state index in [1.807, 2.05) is 6.92 Å². The van der Waals surface area contributed by atoms with Crippen molar-refractivity contribution < 1.29 is 22.3 Å². The van der Waals surface area contributed by atoms with E-state index in [1.165, 1.54) is 27.3 Å². The van der Waals surface area contributed by atoms with Gasteiger partial charge in [0.15, 0.2) is 5.58 Å². The fourth-order valence-electron chi connectivity index (χ4n) is 3.52. The van der Waals surface area contributed by atoms with Crippen LogP contribution in [0.25, 0.3) is 27.9 Å². The van der Waals surface area contributed by atoms with Gasteiger partial charge in [-0.1, -0.05) is 12.1 Å². The van der Waals surface area contributed by atoms with Crippen LogP contribution in [0.3, 0.4) is 0 Å². The lowest BCUT2D eigenvalue weighted by atomic mass is 10.0. The number of aryl methyl sites for hydroxylation is 2. The van der Waals surface area contributed by atoms with Crippen molar-refractivity contribution in [1.29, 1.82) is 0 Å². The highest BCUT2D eigenvalue weighted by Gasteiger charge is 2.31. The van der Waals surface area contributed by atoms with Crippen molar-refractivity contribution in [3.8, 4) is 22.6 Å². The molecule has 0 spiro atoms. The number of halogens is 3. The van der Waals surface area contributed by atoms with Crippen LogP contribution in [0.5, 0.6) is 5.75 Å². The van der Waals surface area contributed by atoms with E-state index in [0.717, 1.165) is 12.1 Å². The van der Waals surface area contributed by atoms with E-state index in [9.17, 15) is 22.8 Å². The Morgan fingerprint density at radius 2 is 1.74 bits per heavy atom. The Morgan fingerprint density at radius 1 is 1.03 bits per heavy atom. The zero-order chi connectivity index (χ0) is 22.3. The second kappa shape index (κ2) is 7.50. The summed E-state index contributed by atoms with van der Waals surface area (Å²) in [6.07, 6.45) is -3.22. The molecule has 0 aliphatic heterocycles. The number of benzene rings is 2. The van der Waals surface area contributed by atoms with Gasteiger partial charge in [0.05, 0.1) is 5.52 Å². The Hall–Kier alpha value is -3.75. The Kier molecular flexibility index (Phi) is 4.96. The van der Waals surface area contributed by atoms with E-state index in [1.54, 1.807) is 31.3 Å². The summed E-state index contributed by atoms with van der Waals surface area (Å²) >= 11 is 0. The van der Waals surface area contributed by atoms with E-state index >= 15 is 0 Å². The molecule has 4 rings (SSSR count). The second-order valence-electron chi connectivity index (χ2n) is 6.89. The average molecular weight is 430 g/mol. The van der Waals surface area contributed by atoms with Gasteiger partial charge < -0.3 is 9.15 Å². The van der Waals surface area contributed by atoms with Gasteiger partial charge in [-0.2, -0.15) is 0 Å². The first-order valence-corrected chi connectivity index (χ1v) is 9.40. The number of oxazole rings is 1. The van der Waals surface area contributed by atoms with Crippen molar-refractivity contribution in [1.82, 2.24) is 9.13 Å². The third-order valence-electron chi connectivity index (χ3n) is 4.91. The van der Waals surface area contributed by atoms with Gasteiger partial charge in [0, 0.05) is 35.6 Å². The van der Waals surface area contributed by atoms with Crippen molar-refractivity contribution in [2.45, 2.75) is 26.8 Å². The molecule has 0 aliphatic rings. The van der Waals surface area contributed by atoms with Gasteiger partial charge in [0.2, 0.25) is 0 Å². The Balaban J connectivity index is 1.84. The quantitative estimate of drug-likeness (QED) is 0.473. The summed E-state index contributed by atoms with van der Waals surface area (Å²) < 4.78 is 49.3. The van der Waals surface area contributed by atoms with Crippen LogP contribution >= 0.6 is 0 Å². The molecule has 0 fully saturated rings. The lowest BCUT2D eigenvalue weighted by Crippen LogP contribution is -2.19. The highest BCUT2D eigenvalue weighted by atomic mass is 19.4. The third kappa shape index (κ3) is 3.86. The highest BCUT2D eigenvalue weighted by Crippen LogP contribution is 2.31. The van der Waals surface area contributed by atoms with Crippen LogP contribution in [-0.2, 0) is 6.54 Å². The number of pyridine rings is 1. The second-order valence-corrected chi connectivity index (χ2v) is 6.89. The molecule has 0 atom stereocenters. The lowest BCUT2D eigenvalue weighted by molar-refractivity contribution is -0.274. The van der Waals surface area contributed by atoms with E-state index in [0.29, 0.717) is 40.0 Å². The van der Waals surface area contributed by atoms with Crippen molar-refractivity contribution in [3.05, 3.63) is 81.2 Å². The van der Waals surface area contributed by atoms with E-state index < -0.39 is 12.1 Å². The van der Waals surface area contributed by atoms with Crippen LogP contribution in [0.4, 0.5) is 13.2 Å². The van der Waals surface area contributed by atoms with Crippen LogP contribution in [-0.4, -0.2) is 15.5 Å². The molecule has 0 amide bonds. The number of aromatic nitrogens is 2. The molecule has 0 bridgehead atoms. The van der Waals surface area contributed by atoms with Gasteiger partial charge in [-0.05, 0) is 49.7 Å². The zero-order valence-electron chi connectivity index (χ0n) is 16.6. The maximum Gasteiger partial charge on any atom is 0.573 e. The van der Waals surface area contributed by atoms with Gasteiger partial charge >= 0.3 is 12.1 Å². The molecule has 6 nitrogen and oxygen atoms in total. The van der Waals surface area contributed by atoms with Crippen molar-refractivity contribution in [3.63, 3.8) is 0 Å². The standard InChI is InChI=1S/C22H17F3N2O4/c1-3-26-18-6-4-5-16(20(18)30-21(26)29)17-12-27(19(28)11-13(17)2)14-7-9-15(10-8-14)31-22(23,24)25/h4-12H,3H2,1-2H3. The van der Waals surface area contributed by atoms with Crippen LogP contribution in [0.2, 0.25) is 0 Å². The van der Waals surface area contributed by atoms with Gasteiger partial charge in [0.25, 0.3) is 5.56 Å². The average Bonchev–Trinajstić information content (AvgIpc) is 3.03. The number of alkyl halides is 3. The summed E-state index contributed by atoms with van der Waals surface area (Å²) in [4.78, 5) is 24.7. The maximum absolute atomic E-state index is 12.6.